The molecule has 152 valence electrons. The third kappa shape index (κ3) is 3.82. The van der Waals surface area contributed by atoms with Gasteiger partial charge in [-0.3, -0.25) is 14.9 Å². The van der Waals surface area contributed by atoms with E-state index in [-0.39, 0.29) is 17.7 Å². The fourth-order valence-electron chi connectivity index (χ4n) is 4.40. The number of urea groups is 1. The van der Waals surface area contributed by atoms with Gasteiger partial charge in [0.05, 0.1) is 0 Å². The minimum absolute atomic E-state index is 0.0724. The van der Waals surface area contributed by atoms with Gasteiger partial charge in [-0.1, -0.05) is 36.4 Å². The number of imide groups is 1. The van der Waals surface area contributed by atoms with Crippen LogP contribution in [0.1, 0.15) is 37.8 Å². The Morgan fingerprint density at radius 3 is 2.52 bits per heavy atom. The molecule has 2 unspecified atom stereocenters. The second kappa shape index (κ2) is 7.48. The lowest BCUT2D eigenvalue weighted by Crippen LogP contribution is -2.48. The summed E-state index contributed by atoms with van der Waals surface area (Å²) in [6.45, 7) is 2.97. The molecule has 2 heterocycles. The Hall–Kier alpha value is -2.93. The predicted molar refractivity (Wildman–Crippen MR) is 110 cm³/mol. The molecule has 2 atom stereocenters. The predicted octanol–water partition coefficient (Wildman–Crippen LogP) is 2.07. The topological polar surface area (TPSA) is 105 Å². The molecule has 4 N–H and O–H groups in total. The van der Waals surface area contributed by atoms with Crippen molar-refractivity contribution in [2.75, 3.05) is 13.1 Å². The zero-order chi connectivity index (χ0) is 20.6. The van der Waals surface area contributed by atoms with Gasteiger partial charge in [0.1, 0.15) is 11.6 Å². The number of nitrogens with zero attached hydrogens (tertiary/aromatic N) is 1. The summed E-state index contributed by atoms with van der Waals surface area (Å²) >= 11 is 0. The maximum absolute atomic E-state index is 12.9. The molecule has 0 spiro atoms. The van der Waals surface area contributed by atoms with Crippen molar-refractivity contribution in [3.63, 3.8) is 0 Å². The van der Waals surface area contributed by atoms with Gasteiger partial charge in [-0.05, 0) is 54.5 Å². The molecule has 2 aliphatic rings. The molecule has 29 heavy (non-hydrogen) atoms. The van der Waals surface area contributed by atoms with Gasteiger partial charge < -0.3 is 16.0 Å². The average Bonchev–Trinajstić information content (AvgIpc) is 2.98. The van der Waals surface area contributed by atoms with Crippen molar-refractivity contribution < 1.29 is 14.4 Å². The molecular formula is C22H26N4O3. The summed E-state index contributed by atoms with van der Waals surface area (Å²) in [6, 6.07) is 12.8. The first-order chi connectivity index (χ1) is 13.9. The molecule has 2 aromatic carbocycles. The number of carbonyl (C=O) groups is 3. The number of hydrogen-bond donors (Lipinski definition) is 3. The lowest BCUT2D eigenvalue weighted by atomic mass is 9.83. The van der Waals surface area contributed by atoms with E-state index in [9.17, 15) is 14.4 Å². The Kier molecular flexibility index (Phi) is 5.00. The van der Waals surface area contributed by atoms with E-state index >= 15 is 0 Å². The summed E-state index contributed by atoms with van der Waals surface area (Å²) < 4.78 is 0. The normalized spacial score (nSPS) is 23.7. The molecule has 4 rings (SSSR count). The van der Waals surface area contributed by atoms with Crippen molar-refractivity contribution in [2.45, 2.75) is 37.8 Å². The summed E-state index contributed by atoms with van der Waals surface area (Å²) in [7, 11) is 0. The first-order valence-electron chi connectivity index (χ1n) is 10.0. The number of nitrogens with one attached hydrogen (secondary N) is 2. The molecule has 7 heteroatoms. The Morgan fingerprint density at radius 2 is 1.86 bits per heavy atom. The van der Waals surface area contributed by atoms with Crippen LogP contribution in [0.2, 0.25) is 0 Å². The van der Waals surface area contributed by atoms with E-state index < -0.39 is 17.6 Å². The fraction of sp³-hybridized carbons (Fsp3) is 0.409. The van der Waals surface area contributed by atoms with Crippen LogP contribution < -0.4 is 16.4 Å². The van der Waals surface area contributed by atoms with Gasteiger partial charge in [0, 0.05) is 13.1 Å². The van der Waals surface area contributed by atoms with Crippen LogP contribution in [0.4, 0.5) is 4.79 Å². The molecule has 2 aromatic rings. The molecule has 7 nitrogen and oxygen atoms in total. The molecule has 2 fully saturated rings. The van der Waals surface area contributed by atoms with Crippen LogP contribution >= 0.6 is 0 Å². The Labute approximate surface area is 169 Å². The number of benzene rings is 2. The Bertz CT molecular complexity index is 967. The number of fused-ring (bicyclic) bond motifs is 1. The molecule has 0 saturated carbocycles. The van der Waals surface area contributed by atoms with Gasteiger partial charge in [-0.2, -0.15) is 0 Å². The van der Waals surface area contributed by atoms with Crippen LogP contribution in [-0.2, 0) is 9.59 Å². The van der Waals surface area contributed by atoms with E-state index in [2.05, 4.69) is 10.6 Å². The van der Waals surface area contributed by atoms with Gasteiger partial charge >= 0.3 is 6.03 Å². The lowest BCUT2D eigenvalue weighted by molar-refractivity contribution is -0.134. The van der Waals surface area contributed by atoms with Gasteiger partial charge in [0.15, 0.2) is 0 Å². The van der Waals surface area contributed by atoms with Crippen molar-refractivity contribution in [2.24, 2.45) is 11.7 Å². The third-order valence-corrected chi connectivity index (χ3v) is 6.14. The van der Waals surface area contributed by atoms with E-state index in [4.69, 9.17) is 5.73 Å². The monoisotopic (exact) mass is 394 g/mol. The second-order valence-electron chi connectivity index (χ2n) is 8.30. The van der Waals surface area contributed by atoms with Crippen LogP contribution in [0.15, 0.2) is 42.5 Å². The highest BCUT2D eigenvalue weighted by atomic mass is 16.2. The highest BCUT2D eigenvalue weighted by Crippen LogP contribution is 2.29. The van der Waals surface area contributed by atoms with Crippen molar-refractivity contribution in [1.82, 2.24) is 15.5 Å². The van der Waals surface area contributed by atoms with E-state index in [1.807, 2.05) is 47.4 Å². The smallest absolute Gasteiger partial charge is 0.322 e. The van der Waals surface area contributed by atoms with Crippen LogP contribution in [0.25, 0.3) is 10.8 Å². The number of carbonyl (C=O) groups excluding carboxylic acids is 3. The van der Waals surface area contributed by atoms with Crippen LogP contribution in [0.3, 0.4) is 0 Å². The molecule has 0 aromatic heterocycles. The number of rotatable bonds is 4. The van der Waals surface area contributed by atoms with E-state index in [1.54, 1.807) is 6.92 Å². The average molecular weight is 394 g/mol. The number of nitrogens with two attached hydrogens (primary N) is 1. The van der Waals surface area contributed by atoms with Crippen molar-refractivity contribution in [3.8, 4) is 0 Å². The number of amides is 4. The van der Waals surface area contributed by atoms with Crippen LogP contribution in [-0.4, -0.2) is 41.4 Å². The minimum Gasteiger partial charge on any atom is -0.341 e. The Balaban J connectivity index is 1.37. The maximum Gasteiger partial charge on any atom is 0.322 e. The van der Waals surface area contributed by atoms with Gasteiger partial charge in [-0.15, -0.1) is 0 Å². The second-order valence-corrected chi connectivity index (χ2v) is 8.30. The zero-order valence-corrected chi connectivity index (χ0v) is 16.5. The molecule has 0 bridgehead atoms. The summed E-state index contributed by atoms with van der Waals surface area (Å²) in [4.78, 5) is 38.2. The number of piperidine rings is 1. The minimum atomic E-state index is -0.866. The largest absolute Gasteiger partial charge is 0.341 e. The van der Waals surface area contributed by atoms with Crippen LogP contribution in [0, 0.1) is 5.92 Å². The molecule has 0 radical (unpaired) electrons. The standard InChI is InChI=1S/C22H26N4O3/c1-22(20(28)24-21(29)25-22)13-14-8-10-26(11-9-14)19(27)18(23)17-7-6-15-4-2-3-5-16(15)12-17/h2-7,12,14,18H,8-11,13,23H2,1H3,(H2,24,25,28,29). The summed E-state index contributed by atoms with van der Waals surface area (Å²) in [5.74, 6) is -0.0821. The van der Waals surface area contributed by atoms with Crippen molar-refractivity contribution >= 4 is 28.6 Å². The van der Waals surface area contributed by atoms with Crippen LogP contribution in [0.5, 0.6) is 0 Å². The molecule has 0 aliphatic carbocycles. The van der Waals surface area contributed by atoms with Gasteiger partial charge in [0.25, 0.3) is 5.91 Å². The summed E-state index contributed by atoms with van der Waals surface area (Å²) in [5, 5.41) is 7.20. The molecule has 2 saturated heterocycles. The first-order valence-corrected chi connectivity index (χ1v) is 10.0. The summed E-state index contributed by atoms with van der Waals surface area (Å²) in [5.41, 5.74) is 6.24. The van der Waals surface area contributed by atoms with E-state index in [0.717, 1.165) is 29.2 Å². The Morgan fingerprint density at radius 1 is 1.17 bits per heavy atom. The van der Waals surface area contributed by atoms with E-state index in [0.29, 0.717) is 19.5 Å². The van der Waals surface area contributed by atoms with Gasteiger partial charge in [-0.25, -0.2) is 4.79 Å². The lowest BCUT2D eigenvalue weighted by Gasteiger charge is -2.36. The van der Waals surface area contributed by atoms with E-state index in [1.165, 1.54) is 0 Å². The SMILES string of the molecule is CC1(CC2CCN(C(=O)C(N)c3ccc4ccccc4c3)CC2)NC(=O)NC1=O. The molecule has 4 amide bonds. The highest BCUT2D eigenvalue weighted by Gasteiger charge is 2.43. The van der Waals surface area contributed by atoms with Crippen molar-refractivity contribution in [3.05, 3.63) is 48.0 Å². The fourth-order valence-corrected chi connectivity index (χ4v) is 4.40. The molecule has 2 aliphatic heterocycles. The number of hydrogen-bond acceptors (Lipinski definition) is 4. The zero-order valence-electron chi connectivity index (χ0n) is 16.5. The third-order valence-electron chi connectivity index (χ3n) is 6.14. The van der Waals surface area contributed by atoms with Gasteiger partial charge in [0.2, 0.25) is 5.91 Å². The maximum atomic E-state index is 12.9. The first kappa shape index (κ1) is 19.4. The number of likely N-dealkylation sites (tertiary alicyclic amines) is 1. The molecular weight excluding hydrogens is 368 g/mol. The summed E-state index contributed by atoms with van der Waals surface area (Å²) in [6.07, 6.45) is 2.15. The highest BCUT2D eigenvalue weighted by molar-refractivity contribution is 6.06. The van der Waals surface area contributed by atoms with Crippen molar-refractivity contribution in [1.29, 1.82) is 0 Å². The quantitative estimate of drug-likeness (QED) is 0.691.